The minimum atomic E-state index is -4.33. The number of sulfonamides is 1. The molecule has 0 bridgehead atoms. The van der Waals surface area contributed by atoms with Gasteiger partial charge in [-0.1, -0.05) is 30.3 Å². The van der Waals surface area contributed by atoms with E-state index in [0.29, 0.717) is 12.4 Å². The molecule has 3 aromatic carbocycles. The van der Waals surface area contributed by atoms with Crippen LogP contribution in [0.3, 0.4) is 0 Å². The summed E-state index contributed by atoms with van der Waals surface area (Å²) in [5, 5.41) is 2.53. The minimum absolute atomic E-state index is 0.0790. The molecule has 0 spiro atoms. The molecule has 2 amide bonds. The lowest BCUT2D eigenvalue weighted by Gasteiger charge is -2.32. The number of likely N-dealkylation sites (N-methyl/N-ethyl adjacent to an activating group) is 1. The van der Waals surface area contributed by atoms with Crippen molar-refractivity contribution in [3.8, 4) is 11.5 Å². The minimum Gasteiger partial charge on any atom is -0.486 e. The lowest BCUT2D eigenvalue weighted by atomic mass is 10.1. The molecule has 0 aromatic heterocycles. The third kappa shape index (κ3) is 5.88. The summed E-state index contributed by atoms with van der Waals surface area (Å²) in [5.41, 5.74) is 0.849. The molecule has 0 saturated carbocycles. The van der Waals surface area contributed by atoms with Gasteiger partial charge in [0.15, 0.2) is 11.5 Å². The highest BCUT2D eigenvalue weighted by Crippen LogP contribution is 2.34. The first-order chi connectivity index (χ1) is 18.2. The first-order valence-electron chi connectivity index (χ1n) is 11.9. The molecule has 1 atom stereocenters. The van der Waals surface area contributed by atoms with Crippen molar-refractivity contribution in [2.75, 3.05) is 31.1 Å². The summed E-state index contributed by atoms with van der Waals surface area (Å²) < 4.78 is 53.4. The maximum Gasteiger partial charge on any atom is 0.264 e. The second-order valence-corrected chi connectivity index (χ2v) is 10.5. The Bertz CT molecular complexity index is 1400. The van der Waals surface area contributed by atoms with E-state index < -0.39 is 40.2 Å². The predicted molar refractivity (Wildman–Crippen MR) is 139 cm³/mol. The van der Waals surface area contributed by atoms with E-state index in [-0.39, 0.29) is 29.5 Å². The van der Waals surface area contributed by atoms with Gasteiger partial charge in [-0.05, 0) is 48.9 Å². The van der Waals surface area contributed by atoms with Gasteiger partial charge in [-0.2, -0.15) is 0 Å². The van der Waals surface area contributed by atoms with E-state index in [1.807, 2.05) is 6.07 Å². The monoisotopic (exact) mass is 541 g/mol. The van der Waals surface area contributed by atoms with Gasteiger partial charge in [0.05, 0.1) is 10.6 Å². The van der Waals surface area contributed by atoms with Crippen LogP contribution in [0.4, 0.5) is 10.1 Å². The van der Waals surface area contributed by atoms with Crippen molar-refractivity contribution in [3.63, 3.8) is 0 Å². The lowest BCUT2D eigenvalue weighted by molar-refractivity contribution is -0.139. The average Bonchev–Trinajstić information content (AvgIpc) is 2.94. The van der Waals surface area contributed by atoms with Gasteiger partial charge in [0.1, 0.15) is 31.6 Å². The molecule has 0 fully saturated rings. The summed E-state index contributed by atoms with van der Waals surface area (Å²) in [4.78, 5) is 27.4. The Hall–Kier alpha value is -4.12. The van der Waals surface area contributed by atoms with E-state index in [9.17, 15) is 22.4 Å². The molecule has 0 unspecified atom stereocenters. The standard InChI is InChI=1S/C27H28FN3O6S/c1-19(27(33)29-2)30(17-20-6-4-3-5-7-20)26(32)18-31(22-10-8-21(28)9-11-22)38(34,35)23-12-13-24-25(16-23)37-15-14-36-24/h3-13,16,19H,14-15,17-18H2,1-2H3,(H,29,33)/t19-/m0/s1. The number of rotatable bonds is 9. The van der Waals surface area contributed by atoms with Gasteiger partial charge in [-0.15, -0.1) is 0 Å². The fraction of sp³-hybridized carbons (Fsp3) is 0.259. The Labute approximate surface area is 220 Å². The zero-order chi connectivity index (χ0) is 27.3. The first kappa shape index (κ1) is 26.9. The molecule has 1 heterocycles. The van der Waals surface area contributed by atoms with Crippen molar-refractivity contribution in [3.05, 3.63) is 84.2 Å². The van der Waals surface area contributed by atoms with Crippen molar-refractivity contribution in [1.29, 1.82) is 0 Å². The fourth-order valence-corrected chi connectivity index (χ4v) is 5.45. The average molecular weight is 542 g/mol. The zero-order valence-corrected chi connectivity index (χ0v) is 21.8. The van der Waals surface area contributed by atoms with Gasteiger partial charge in [-0.25, -0.2) is 12.8 Å². The van der Waals surface area contributed by atoms with Crippen molar-refractivity contribution >= 4 is 27.5 Å². The highest BCUT2D eigenvalue weighted by atomic mass is 32.2. The molecule has 11 heteroatoms. The van der Waals surface area contributed by atoms with Gasteiger partial charge < -0.3 is 19.7 Å². The number of hydrogen-bond donors (Lipinski definition) is 1. The van der Waals surface area contributed by atoms with E-state index in [1.54, 1.807) is 31.2 Å². The SMILES string of the molecule is CNC(=O)[C@H](C)N(Cc1ccccc1)C(=O)CN(c1ccc(F)cc1)S(=O)(=O)c1ccc2c(c1)OCCO2. The predicted octanol–water partition coefficient (Wildman–Crippen LogP) is 2.96. The number of nitrogens with zero attached hydrogens (tertiary/aromatic N) is 2. The Morgan fingerprint density at radius 3 is 2.29 bits per heavy atom. The van der Waals surface area contributed by atoms with Crippen molar-refractivity contribution in [2.45, 2.75) is 24.4 Å². The number of halogens is 1. The molecule has 9 nitrogen and oxygen atoms in total. The molecule has 38 heavy (non-hydrogen) atoms. The molecule has 1 N–H and O–H groups in total. The van der Waals surface area contributed by atoms with Crippen LogP contribution in [0.2, 0.25) is 0 Å². The smallest absolute Gasteiger partial charge is 0.264 e. The Morgan fingerprint density at radius 1 is 0.974 bits per heavy atom. The van der Waals surface area contributed by atoms with E-state index in [0.717, 1.165) is 22.0 Å². The molecule has 0 saturated heterocycles. The Kier molecular flexibility index (Phi) is 8.16. The summed E-state index contributed by atoms with van der Waals surface area (Å²) in [6.07, 6.45) is 0. The number of benzene rings is 3. The van der Waals surface area contributed by atoms with Crippen LogP contribution >= 0.6 is 0 Å². The van der Waals surface area contributed by atoms with Crippen molar-refractivity contribution in [1.82, 2.24) is 10.2 Å². The number of fused-ring (bicyclic) bond motifs is 1. The van der Waals surface area contributed by atoms with Gasteiger partial charge in [0.25, 0.3) is 10.0 Å². The molecule has 200 valence electrons. The van der Waals surface area contributed by atoms with Crippen LogP contribution in [0.25, 0.3) is 0 Å². The summed E-state index contributed by atoms with van der Waals surface area (Å²) >= 11 is 0. The van der Waals surface area contributed by atoms with E-state index in [4.69, 9.17) is 9.47 Å². The van der Waals surface area contributed by atoms with Crippen molar-refractivity contribution in [2.24, 2.45) is 0 Å². The normalized spacial score (nSPS) is 13.3. The van der Waals surface area contributed by atoms with E-state index in [2.05, 4.69) is 5.32 Å². The third-order valence-corrected chi connectivity index (χ3v) is 7.87. The number of carbonyl (C=O) groups is 2. The molecular formula is C27H28FN3O6S. The van der Waals surface area contributed by atoms with Gasteiger partial charge in [0, 0.05) is 19.7 Å². The molecule has 0 radical (unpaired) electrons. The molecule has 0 aliphatic carbocycles. The number of carbonyl (C=O) groups excluding carboxylic acids is 2. The lowest BCUT2D eigenvalue weighted by Crippen LogP contribution is -2.50. The topological polar surface area (TPSA) is 105 Å². The Balaban J connectivity index is 1.72. The second-order valence-electron chi connectivity index (χ2n) is 8.59. The van der Waals surface area contributed by atoms with Crippen LogP contribution in [0, 0.1) is 5.82 Å². The maximum atomic E-state index is 13.9. The highest BCUT2D eigenvalue weighted by molar-refractivity contribution is 7.92. The largest absolute Gasteiger partial charge is 0.486 e. The summed E-state index contributed by atoms with van der Waals surface area (Å²) in [7, 11) is -2.87. The zero-order valence-electron chi connectivity index (χ0n) is 21.0. The first-order valence-corrected chi connectivity index (χ1v) is 13.4. The maximum absolute atomic E-state index is 13.9. The number of amides is 2. The van der Waals surface area contributed by atoms with Crippen LogP contribution in [0.5, 0.6) is 11.5 Å². The van der Waals surface area contributed by atoms with E-state index >= 15 is 0 Å². The van der Waals surface area contributed by atoms with Gasteiger partial charge >= 0.3 is 0 Å². The van der Waals surface area contributed by atoms with Gasteiger partial charge in [0.2, 0.25) is 11.8 Å². The highest BCUT2D eigenvalue weighted by Gasteiger charge is 2.33. The van der Waals surface area contributed by atoms with Crippen molar-refractivity contribution < 1.29 is 31.9 Å². The molecular weight excluding hydrogens is 513 g/mol. The Morgan fingerprint density at radius 2 is 1.63 bits per heavy atom. The quantitative estimate of drug-likeness (QED) is 0.447. The molecule has 3 aromatic rings. The van der Waals surface area contributed by atoms with Crippen LogP contribution < -0.4 is 19.1 Å². The number of anilines is 1. The van der Waals surface area contributed by atoms with Crippen LogP contribution in [-0.2, 0) is 26.2 Å². The van der Waals surface area contributed by atoms with Crippen LogP contribution in [-0.4, -0.2) is 58.0 Å². The summed E-state index contributed by atoms with van der Waals surface area (Å²) in [5.74, 6) is -0.905. The number of hydrogen-bond acceptors (Lipinski definition) is 6. The van der Waals surface area contributed by atoms with E-state index in [1.165, 1.54) is 42.3 Å². The van der Waals surface area contributed by atoms with Crippen LogP contribution in [0.15, 0.2) is 77.7 Å². The number of nitrogens with one attached hydrogen (secondary N) is 1. The third-order valence-electron chi connectivity index (χ3n) is 6.10. The second kappa shape index (κ2) is 11.5. The molecule has 1 aliphatic heterocycles. The van der Waals surface area contributed by atoms with Gasteiger partial charge in [-0.3, -0.25) is 13.9 Å². The number of ether oxygens (including phenoxy) is 2. The summed E-state index contributed by atoms with van der Waals surface area (Å²) in [6, 6.07) is 17.1. The van der Waals surface area contributed by atoms with Crippen LogP contribution in [0.1, 0.15) is 12.5 Å². The molecule has 1 aliphatic rings. The fourth-order valence-electron chi connectivity index (χ4n) is 4.02. The molecule has 4 rings (SSSR count). The summed E-state index contributed by atoms with van der Waals surface area (Å²) in [6.45, 7) is 1.63.